The van der Waals surface area contributed by atoms with Crippen LogP contribution in [0.3, 0.4) is 0 Å². The third kappa shape index (κ3) is 4.10. The third-order valence-corrected chi connectivity index (χ3v) is 8.33. The van der Waals surface area contributed by atoms with Gasteiger partial charge in [0, 0.05) is 22.6 Å². The molecule has 1 aliphatic heterocycles. The Morgan fingerprint density at radius 3 is 2.97 bits per heavy atom. The van der Waals surface area contributed by atoms with Crippen LogP contribution in [0.25, 0.3) is 0 Å². The van der Waals surface area contributed by atoms with E-state index in [0.717, 1.165) is 18.6 Å². The van der Waals surface area contributed by atoms with Gasteiger partial charge in [-0.25, -0.2) is 9.78 Å². The Balaban J connectivity index is 1.43. The first kappa shape index (κ1) is 21.6. The van der Waals surface area contributed by atoms with Gasteiger partial charge >= 0.3 is 5.97 Å². The van der Waals surface area contributed by atoms with Crippen molar-refractivity contribution in [2.45, 2.75) is 55.8 Å². The lowest BCUT2D eigenvalue weighted by Gasteiger charge is -2.40. The fraction of sp³-hybridized carbons (Fsp3) is 0.545. The van der Waals surface area contributed by atoms with Crippen LogP contribution < -0.4 is 4.74 Å². The second-order valence-electron chi connectivity index (χ2n) is 8.34. The van der Waals surface area contributed by atoms with Crippen LogP contribution in [0.1, 0.15) is 47.2 Å². The van der Waals surface area contributed by atoms with E-state index in [9.17, 15) is 9.90 Å². The first-order chi connectivity index (χ1) is 14.3. The lowest BCUT2D eigenvalue weighted by atomic mass is 9.83. The number of fused-ring (bicyclic) bond motifs is 1. The van der Waals surface area contributed by atoms with E-state index in [-0.39, 0.29) is 23.6 Å². The largest absolute Gasteiger partial charge is 0.493 e. The molecule has 2 fully saturated rings. The van der Waals surface area contributed by atoms with Gasteiger partial charge in [-0.15, -0.1) is 23.1 Å². The van der Waals surface area contributed by atoms with Crippen molar-refractivity contribution in [2.75, 3.05) is 12.9 Å². The number of rotatable bonds is 6. The van der Waals surface area contributed by atoms with Crippen LogP contribution in [0.4, 0.5) is 0 Å². The number of aromatic carboxylic acids is 1. The Morgan fingerprint density at radius 2 is 2.27 bits per heavy atom. The van der Waals surface area contributed by atoms with Gasteiger partial charge in [-0.05, 0) is 56.6 Å². The molecule has 1 aromatic heterocycles. The molecule has 5 atom stereocenters. The van der Waals surface area contributed by atoms with Crippen molar-refractivity contribution in [1.82, 2.24) is 4.98 Å². The highest BCUT2D eigenvalue weighted by atomic mass is 32.2. The number of thiazole rings is 1. The van der Waals surface area contributed by atoms with Gasteiger partial charge < -0.3 is 19.7 Å². The van der Waals surface area contributed by atoms with Gasteiger partial charge in [0.05, 0.1) is 18.8 Å². The zero-order valence-electron chi connectivity index (χ0n) is 17.3. The van der Waals surface area contributed by atoms with Crippen molar-refractivity contribution in [3.05, 3.63) is 39.8 Å². The molecule has 0 bridgehead atoms. The minimum atomic E-state index is -1.02. The molecule has 4 rings (SSSR count). The van der Waals surface area contributed by atoms with Gasteiger partial charge in [0.2, 0.25) is 0 Å². The molecule has 1 saturated heterocycles. The van der Waals surface area contributed by atoms with Crippen molar-refractivity contribution >= 4 is 29.1 Å². The average molecular weight is 450 g/mol. The number of ether oxygens (including phenoxy) is 2. The third-order valence-electron chi connectivity index (χ3n) is 6.36. The molecule has 2 N–H and O–H groups in total. The normalized spacial score (nSPS) is 30.8. The predicted molar refractivity (Wildman–Crippen MR) is 117 cm³/mol. The molecule has 30 heavy (non-hydrogen) atoms. The van der Waals surface area contributed by atoms with Crippen LogP contribution in [0, 0.1) is 18.8 Å². The summed E-state index contributed by atoms with van der Waals surface area (Å²) in [4.78, 5) is 16.6. The molecular weight excluding hydrogens is 422 g/mol. The summed E-state index contributed by atoms with van der Waals surface area (Å²) in [6.45, 7) is 4.51. The van der Waals surface area contributed by atoms with Gasteiger partial charge in [0.15, 0.2) is 5.69 Å². The lowest BCUT2D eigenvalue weighted by molar-refractivity contribution is -0.145. The molecule has 8 heteroatoms. The molecule has 6 nitrogen and oxygen atoms in total. The van der Waals surface area contributed by atoms with Crippen LogP contribution in [0.5, 0.6) is 5.75 Å². The number of hydrogen-bond acceptors (Lipinski definition) is 7. The number of aromatic nitrogens is 1. The summed E-state index contributed by atoms with van der Waals surface area (Å²) < 4.78 is 12.5. The number of nitrogens with zero attached hydrogens (tertiary/aromatic N) is 1. The molecule has 2 heterocycles. The van der Waals surface area contributed by atoms with Crippen LogP contribution >= 0.6 is 23.1 Å². The van der Waals surface area contributed by atoms with Crippen molar-refractivity contribution in [3.63, 3.8) is 0 Å². The molecule has 0 spiro atoms. The van der Waals surface area contributed by atoms with Crippen LogP contribution in [0.15, 0.2) is 28.5 Å². The van der Waals surface area contributed by atoms with Gasteiger partial charge in [-0.2, -0.15) is 0 Å². The van der Waals surface area contributed by atoms with Crippen LogP contribution in [-0.4, -0.2) is 46.2 Å². The Bertz CT molecular complexity index is 932. The zero-order valence-corrected chi connectivity index (χ0v) is 19.0. The lowest BCUT2D eigenvalue weighted by Crippen LogP contribution is -2.41. The smallest absolute Gasteiger partial charge is 0.355 e. The average Bonchev–Trinajstić information content (AvgIpc) is 3.32. The number of carboxylic acids is 1. The Hall–Kier alpha value is -1.61. The monoisotopic (exact) mass is 449 g/mol. The summed E-state index contributed by atoms with van der Waals surface area (Å²) >= 11 is 3.02. The first-order valence-corrected chi connectivity index (χ1v) is 12.2. The van der Waals surface area contributed by atoms with Crippen molar-refractivity contribution in [2.24, 2.45) is 11.8 Å². The van der Waals surface area contributed by atoms with Crippen LogP contribution in [0.2, 0.25) is 0 Å². The van der Waals surface area contributed by atoms with E-state index in [4.69, 9.17) is 14.6 Å². The number of aliphatic hydroxyl groups is 1. The predicted octanol–water partition coefficient (Wildman–Crippen LogP) is 4.34. The number of hydrogen-bond donors (Lipinski definition) is 2. The quantitative estimate of drug-likeness (QED) is 0.634. The van der Waals surface area contributed by atoms with Crippen molar-refractivity contribution in [3.8, 4) is 5.75 Å². The molecular formula is C22H27NO5S2. The number of carbonyl (C=O) groups is 1. The van der Waals surface area contributed by atoms with E-state index in [2.05, 4.69) is 30.3 Å². The molecule has 0 amide bonds. The molecule has 2 aromatic rings. The summed E-state index contributed by atoms with van der Waals surface area (Å²) in [7, 11) is 0. The highest BCUT2D eigenvalue weighted by Gasteiger charge is 2.50. The summed E-state index contributed by atoms with van der Waals surface area (Å²) in [6, 6.07) is 6.09. The number of benzene rings is 1. The van der Waals surface area contributed by atoms with E-state index < -0.39 is 17.7 Å². The van der Waals surface area contributed by atoms with Gasteiger partial charge in [-0.1, -0.05) is 6.07 Å². The summed E-state index contributed by atoms with van der Waals surface area (Å²) in [5.74, 6) is 0.0390. The highest BCUT2D eigenvalue weighted by molar-refractivity contribution is 7.98. The summed E-state index contributed by atoms with van der Waals surface area (Å²) in [5.41, 5.74) is 0.672. The molecule has 1 aromatic carbocycles. The topological polar surface area (TPSA) is 88.9 Å². The second kappa shape index (κ2) is 8.49. The number of thioether (sulfide) groups is 1. The minimum Gasteiger partial charge on any atom is -0.493 e. The molecule has 2 aliphatic rings. The number of carboxylic acid groups (broad SMARTS) is 1. The molecule has 0 unspecified atom stereocenters. The number of aryl methyl sites for hydroxylation is 1. The Labute approximate surface area is 184 Å². The van der Waals surface area contributed by atoms with E-state index in [1.807, 2.05) is 13.0 Å². The van der Waals surface area contributed by atoms with Gasteiger partial charge in [0.25, 0.3) is 0 Å². The van der Waals surface area contributed by atoms with E-state index in [1.54, 1.807) is 17.1 Å². The second-order valence-corrected chi connectivity index (χ2v) is 10.0. The van der Waals surface area contributed by atoms with E-state index in [1.165, 1.54) is 21.8 Å². The molecule has 1 saturated carbocycles. The first-order valence-electron chi connectivity index (χ1n) is 10.1. The Kier molecular flexibility index (Phi) is 6.12. The fourth-order valence-electron chi connectivity index (χ4n) is 4.61. The van der Waals surface area contributed by atoms with E-state index in [0.29, 0.717) is 18.0 Å². The maximum Gasteiger partial charge on any atom is 0.355 e. The fourth-order valence-corrected chi connectivity index (χ4v) is 6.16. The van der Waals surface area contributed by atoms with Crippen molar-refractivity contribution in [1.29, 1.82) is 0 Å². The van der Waals surface area contributed by atoms with E-state index >= 15 is 0 Å². The van der Waals surface area contributed by atoms with Crippen LogP contribution in [-0.2, 0) is 10.3 Å². The van der Waals surface area contributed by atoms with Gasteiger partial charge in [-0.3, -0.25) is 0 Å². The Morgan fingerprint density at radius 1 is 1.47 bits per heavy atom. The molecule has 0 radical (unpaired) electrons. The maximum absolute atomic E-state index is 11.2. The standard InChI is InChI=1S/C22H27NO5S2/c1-12-4-5-13(8-19(12)29-3)27-10-15-14-6-7-22(2,28-18(14)9-17(15)24)21-23-16(11-30-21)20(25)26/h4-5,8,11,14-15,17-18,24H,6-7,9-10H2,1-3H3,(H,25,26)/t14-,15-,17+,18+,22-/m1/s1. The SMILES string of the molecule is CSc1cc(OC[C@@H]2[C@H]3CC[C@](C)(c4nc(C(=O)O)cs4)O[C@H]3C[C@@H]2O)ccc1C. The van der Waals surface area contributed by atoms with Gasteiger partial charge in [0.1, 0.15) is 16.4 Å². The van der Waals surface area contributed by atoms with Crippen molar-refractivity contribution < 1.29 is 24.5 Å². The molecule has 1 aliphatic carbocycles. The number of aliphatic hydroxyl groups excluding tert-OH is 1. The minimum absolute atomic E-state index is 0.0180. The highest BCUT2D eigenvalue weighted by Crippen LogP contribution is 2.49. The summed E-state index contributed by atoms with van der Waals surface area (Å²) in [5, 5.41) is 22.1. The molecule has 162 valence electrons. The maximum atomic E-state index is 11.2. The summed E-state index contributed by atoms with van der Waals surface area (Å²) in [6.07, 6.45) is 3.69. The zero-order chi connectivity index (χ0) is 21.5.